The van der Waals surface area contributed by atoms with E-state index in [0.29, 0.717) is 24.3 Å². The van der Waals surface area contributed by atoms with Crippen molar-refractivity contribution in [2.45, 2.75) is 45.9 Å². The average molecular weight is 211 g/mol. The zero-order chi connectivity index (χ0) is 11.1. The highest BCUT2D eigenvalue weighted by molar-refractivity contribution is 5.02. The van der Waals surface area contributed by atoms with Gasteiger partial charge >= 0.3 is 0 Å². The quantitative estimate of drug-likeness (QED) is 0.767. The van der Waals surface area contributed by atoms with E-state index in [2.05, 4.69) is 29.3 Å². The van der Waals surface area contributed by atoms with Crippen LogP contribution >= 0.6 is 0 Å². The second kappa shape index (κ2) is 3.57. The predicted octanol–water partition coefficient (Wildman–Crippen LogP) is 0.627. The van der Waals surface area contributed by atoms with Crippen LogP contribution in [0.3, 0.4) is 0 Å². The highest BCUT2D eigenvalue weighted by atomic mass is 16.5. The van der Waals surface area contributed by atoms with Crippen LogP contribution < -0.4 is 5.32 Å². The number of aliphatic hydroxyl groups excluding tert-OH is 1. The lowest BCUT2D eigenvalue weighted by molar-refractivity contribution is -0.0732. The van der Waals surface area contributed by atoms with Gasteiger partial charge in [0.25, 0.3) is 0 Å². The van der Waals surface area contributed by atoms with Gasteiger partial charge < -0.3 is 14.9 Å². The highest BCUT2D eigenvalue weighted by Gasteiger charge is 2.46. The average Bonchev–Trinajstić information content (AvgIpc) is 2.58. The molecular weight excluding hydrogens is 194 g/mol. The normalized spacial score (nSPS) is 28.8. The molecular formula is C10H17N3O2. The lowest BCUT2D eigenvalue weighted by atomic mass is 9.64. The monoisotopic (exact) mass is 211 g/mol. The van der Waals surface area contributed by atoms with Crippen molar-refractivity contribution < 1.29 is 9.63 Å². The third kappa shape index (κ3) is 1.89. The van der Waals surface area contributed by atoms with E-state index in [1.165, 1.54) is 0 Å². The zero-order valence-corrected chi connectivity index (χ0v) is 9.32. The third-order valence-corrected chi connectivity index (χ3v) is 3.29. The Hall–Kier alpha value is -0.940. The Morgan fingerprint density at radius 2 is 2.33 bits per heavy atom. The Morgan fingerprint density at radius 3 is 2.80 bits per heavy atom. The van der Waals surface area contributed by atoms with Gasteiger partial charge in [-0.2, -0.15) is 4.98 Å². The maximum absolute atomic E-state index is 9.56. The summed E-state index contributed by atoms with van der Waals surface area (Å²) in [6.45, 7) is 6.48. The molecule has 2 atom stereocenters. The van der Waals surface area contributed by atoms with E-state index in [-0.39, 0.29) is 11.5 Å². The number of rotatable bonds is 3. The molecule has 0 saturated heterocycles. The molecule has 1 aliphatic carbocycles. The van der Waals surface area contributed by atoms with Crippen LogP contribution in [0.4, 0.5) is 0 Å². The largest absolute Gasteiger partial charge is 0.392 e. The van der Waals surface area contributed by atoms with Gasteiger partial charge in [-0.15, -0.1) is 0 Å². The van der Waals surface area contributed by atoms with Crippen LogP contribution in [0.5, 0.6) is 0 Å². The minimum absolute atomic E-state index is 0.0568. The molecule has 5 nitrogen and oxygen atoms in total. The van der Waals surface area contributed by atoms with E-state index >= 15 is 0 Å². The summed E-state index contributed by atoms with van der Waals surface area (Å²) in [4.78, 5) is 4.11. The van der Waals surface area contributed by atoms with Gasteiger partial charge in [0.05, 0.1) is 12.6 Å². The molecule has 1 aliphatic rings. The Labute approximate surface area is 88.9 Å². The van der Waals surface area contributed by atoms with E-state index < -0.39 is 0 Å². The first kappa shape index (κ1) is 10.6. The molecule has 0 aliphatic heterocycles. The van der Waals surface area contributed by atoms with Gasteiger partial charge in [-0.05, 0) is 6.42 Å². The molecule has 2 N–H and O–H groups in total. The maximum Gasteiger partial charge on any atom is 0.223 e. The Bertz CT molecular complexity index is 348. The Morgan fingerprint density at radius 1 is 1.60 bits per heavy atom. The number of aromatic nitrogens is 2. The fourth-order valence-electron chi connectivity index (χ4n) is 1.88. The molecule has 0 radical (unpaired) electrons. The van der Waals surface area contributed by atoms with Crippen LogP contribution in [0, 0.1) is 12.3 Å². The van der Waals surface area contributed by atoms with Gasteiger partial charge in [-0.25, -0.2) is 0 Å². The smallest absolute Gasteiger partial charge is 0.223 e. The first-order chi connectivity index (χ1) is 7.00. The van der Waals surface area contributed by atoms with Gasteiger partial charge in [0.15, 0.2) is 5.82 Å². The number of aryl methyl sites for hydroxylation is 1. The molecule has 1 aromatic rings. The van der Waals surface area contributed by atoms with Crippen LogP contribution in [0.1, 0.15) is 32.0 Å². The molecule has 2 rings (SSSR count). The van der Waals surface area contributed by atoms with Crippen molar-refractivity contribution >= 4 is 0 Å². The SMILES string of the molecule is Cc1nc(CNC2CC(O)C2(C)C)no1. The van der Waals surface area contributed by atoms with Crippen molar-refractivity contribution in [3.63, 3.8) is 0 Å². The molecule has 0 aromatic carbocycles. The molecule has 0 spiro atoms. The number of hydrogen-bond acceptors (Lipinski definition) is 5. The van der Waals surface area contributed by atoms with E-state index in [4.69, 9.17) is 4.52 Å². The summed E-state index contributed by atoms with van der Waals surface area (Å²) in [7, 11) is 0. The van der Waals surface area contributed by atoms with Crippen molar-refractivity contribution in [1.82, 2.24) is 15.5 Å². The second-order valence-electron chi connectivity index (χ2n) is 4.74. The summed E-state index contributed by atoms with van der Waals surface area (Å²) in [6.07, 6.45) is 0.589. The molecule has 15 heavy (non-hydrogen) atoms. The van der Waals surface area contributed by atoms with Crippen molar-refractivity contribution in [3.8, 4) is 0 Å². The molecule has 1 saturated carbocycles. The summed E-state index contributed by atoms with van der Waals surface area (Å²) in [5.41, 5.74) is -0.0568. The molecule has 1 aromatic heterocycles. The first-order valence-electron chi connectivity index (χ1n) is 5.21. The van der Waals surface area contributed by atoms with Gasteiger partial charge in [-0.1, -0.05) is 19.0 Å². The molecule has 0 bridgehead atoms. The molecule has 0 amide bonds. The second-order valence-corrected chi connectivity index (χ2v) is 4.74. The standard InChI is InChI=1S/C10H17N3O2/c1-6-12-9(13-15-6)5-11-7-4-8(14)10(7,2)3/h7-8,11,14H,4-5H2,1-3H3. The van der Waals surface area contributed by atoms with E-state index in [1.807, 2.05) is 0 Å². The molecule has 5 heteroatoms. The summed E-state index contributed by atoms with van der Waals surface area (Å²) < 4.78 is 4.87. The van der Waals surface area contributed by atoms with Gasteiger partial charge in [0.2, 0.25) is 5.89 Å². The fraction of sp³-hybridized carbons (Fsp3) is 0.800. The molecule has 1 heterocycles. The summed E-state index contributed by atoms with van der Waals surface area (Å²) >= 11 is 0. The summed E-state index contributed by atoms with van der Waals surface area (Å²) in [5.74, 6) is 1.25. The summed E-state index contributed by atoms with van der Waals surface area (Å²) in [6, 6.07) is 0.325. The van der Waals surface area contributed by atoms with Crippen LogP contribution in [0.2, 0.25) is 0 Å². The minimum Gasteiger partial charge on any atom is -0.392 e. The van der Waals surface area contributed by atoms with E-state index in [0.717, 1.165) is 6.42 Å². The Balaban J connectivity index is 1.85. The van der Waals surface area contributed by atoms with Gasteiger partial charge in [-0.3, -0.25) is 0 Å². The summed E-state index contributed by atoms with van der Waals surface area (Å²) in [5, 5.41) is 16.7. The molecule has 1 fully saturated rings. The number of hydrogen-bond donors (Lipinski definition) is 2. The van der Waals surface area contributed by atoms with Crippen LogP contribution in [0.15, 0.2) is 4.52 Å². The first-order valence-corrected chi connectivity index (χ1v) is 5.21. The third-order valence-electron chi connectivity index (χ3n) is 3.29. The topological polar surface area (TPSA) is 71.2 Å². The van der Waals surface area contributed by atoms with Crippen LogP contribution in [-0.2, 0) is 6.54 Å². The maximum atomic E-state index is 9.56. The lowest BCUT2D eigenvalue weighted by Gasteiger charge is -2.49. The number of nitrogens with one attached hydrogen (secondary N) is 1. The van der Waals surface area contributed by atoms with Gasteiger partial charge in [0, 0.05) is 18.4 Å². The number of aliphatic hydroxyl groups is 1. The molecule has 84 valence electrons. The highest BCUT2D eigenvalue weighted by Crippen LogP contribution is 2.40. The zero-order valence-electron chi connectivity index (χ0n) is 9.32. The predicted molar refractivity (Wildman–Crippen MR) is 54.1 cm³/mol. The van der Waals surface area contributed by atoms with Gasteiger partial charge in [0.1, 0.15) is 0 Å². The molecule has 2 unspecified atom stereocenters. The van der Waals surface area contributed by atoms with E-state index in [1.54, 1.807) is 6.92 Å². The van der Waals surface area contributed by atoms with Crippen LogP contribution in [-0.4, -0.2) is 27.4 Å². The number of nitrogens with zero attached hydrogens (tertiary/aromatic N) is 2. The lowest BCUT2D eigenvalue weighted by Crippen LogP contribution is -2.59. The van der Waals surface area contributed by atoms with Crippen molar-refractivity contribution in [2.24, 2.45) is 5.41 Å². The fourth-order valence-corrected chi connectivity index (χ4v) is 1.88. The van der Waals surface area contributed by atoms with Crippen molar-refractivity contribution in [2.75, 3.05) is 0 Å². The van der Waals surface area contributed by atoms with Crippen LogP contribution in [0.25, 0.3) is 0 Å². The van der Waals surface area contributed by atoms with Crippen molar-refractivity contribution in [1.29, 1.82) is 0 Å². The van der Waals surface area contributed by atoms with Crippen molar-refractivity contribution in [3.05, 3.63) is 11.7 Å². The Kier molecular flexibility index (Phi) is 2.52. The minimum atomic E-state index is -0.206. The van der Waals surface area contributed by atoms with E-state index in [9.17, 15) is 5.11 Å².